The van der Waals surface area contributed by atoms with Crippen molar-refractivity contribution in [1.29, 1.82) is 0 Å². The van der Waals surface area contributed by atoms with E-state index in [0.717, 1.165) is 17.4 Å². The molecule has 0 atom stereocenters. The van der Waals surface area contributed by atoms with Gasteiger partial charge < -0.3 is 14.2 Å². The predicted octanol–water partition coefficient (Wildman–Crippen LogP) is 5.98. The molecule has 1 amide bonds. The molecule has 0 N–H and O–H groups in total. The number of thiazole rings is 1. The van der Waals surface area contributed by atoms with E-state index >= 15 is 0 Å². The van der Waals surface area contributed by atoms with E-state index in [9.17, 15) is 18.0 Å². The molecule has 4 aromatic rings. The van der Waals surface area contributed by atoms with Gasteiger partial charge in [0.25, 0.3) is 5.91 Å². The Morgan fingerprint density at radius 2 is 1.78 bits per heavy atom. The molecule has 2 aromatic heterocycles. The van der Waals surface area contributed by atoms with Crippen LogP contribution in [0, 0.1) is 0 Å². The van der Waals surface area contributed by atoms with Crippen LogP contribution in [0.2, 0.25) is 0 Å². The van der Waals surface area contributed by atoms with Gasteiger partial charge in [0.15, 0.2) is 16.6 Å². The van der Waals surface area contributed by atoms with Crippen molar-refractivity contribution >= 4 is 38.7 Å². The van der Waals surface area contributed by atoms with Crippen molar-refractivity contribution in [2.75, 3.05) is 26.2 Å². The van der Waals surface area contributed by atoms with Gasteiger partial charge in [0.1, 0.15) is 0 Å². The number of benzene rings is 2. The summed E-state index contributed by atoms with van der Waals surface area (Å²) < 4.78 is 57.0. The lowest BCUT2D eigenvalue weighted by molar-refractivity contribution is -0.136. The molecular weight excluding hydrogens is 507 g/mol. The summed E-state index contributed by atoms with van der Waals surface area (Å²) in [4.78, 5) is 23.0. The number of halogens is 3. The standard InChI is InChI=1S/C26H22F3N3O4S/c1-34-19-12-16(13-20(35-2)24(19)36-3)9-10-22(33)32(15-17-6-5-11-30-14-17)25-31-23-18(26(27,28)29)7-4-8-21(23)37-25/h4-14H,15H2,1-3H3/b10-9+. The molecule has 11 heteroatoms. The molecule has 0 aliphatic rings. The maximum Gasteiger partial charge on any atom is 0.418 e. The lowest BCUT2D eigenvalue weighted by Gasteiger charge is -2.18. The van der Waals surface area contributed by atoms with Crippen LogP contribution in [-0.4, -0.2) is 37.2 Å². The second kappa shape index (κ2) is 10.9. The van der Waals surface area contributed by atoms with Crippen molar-refractivity contribution in [1.82, 2.24) is 9.97 Å². The first-order valence-electron chi connectivity index (χ1n) is 10.9. The molecule has 4 rings (SSSR count). The van der Waals surface area contributed by atoms with Gasteiger partial charge in [0.05, 0.1) is 43.7 Å². The third-order valence-electron chi connectivity index (χ3n) is 5.38. The summed E-state index contributed by atoms with van der Waals surface area (Å²) in [5.74, 6) is 0.742. The summed E-state index contributed by atoms with van der Waals surface area (Å²) in [5, 5.41) is 0.134. The number of nitrogens with zero attached hydrogens (tertiary/aromatic N) is 3. The first-order chi connectivity index (χ1) is 17.7. The van der Waals surface area contributed by atoms with Gasteiger partial charge in [0.2, 0.25) is 5.75 Å². The van der Waals surface area contributed by atoms with Gasteiger partial charge in [0, 0.05) is 18.5 Å². The van der Waals surface area contributed by atoms with E-state index in [1.54, 1.807) is 48.8 Å². The van der Waals surface area contributed by atoms with Gasteiger partial charge in [-0.2, -0.15) is 13.2 Å². The van der Waals surface area contributed by atoms with E-state index in [2.05, 4.69) is 9.97 Å². The number of amides is 1. The van der Waals surface area contributed by atoms with Crippen LogP contribution in [0.4, 0.5) is 18.3 Å². The first kappa shape index (κ1) is 26.0. The number of rotatable bonds is 8. The molecule has 0 radical (unpaired) electrons. The molecule has 37 heavy (non-hydrogen) atoms. The summed E-state index contributed by atoms with van der Waals surface area (Å²) in [5.41, 5.74) is 0.224. The number of alkyl halides is 3. The van der Waals surface area contributed by atoms with Crippen LogP contribution in [-0.2, 0) is 17.5 Å². The third kappa shape index (κ3) is 5.67. The predicted molar refractivity (Wildman–Crippen MR) is 135 cm³/mol. The Hall–Kier alpha value is -4.12. The second-order valence-electron chi connectivity index (χ2n) is 7.72. The highest BCUT2D eigenvalue weighted by atomic mass is 32.1. The SMILES string of the molecule is COc1cc(/C=C/C(=O)N(Cc2cccnc2)c2nc3c(C(F)(F)F)cccc3s2)cc(OC)c1OC. The molecule has 0 spiro atoms. The van der Waals surface area contributed by atoms with Crippen molar-refractivity contribution in [3.05, 3.63) is 77.6 Å². The average molecular weight is 530 g/mol. The molecule has 0 unspecified atom stereocenters. The summed E-state index contributed by atoms with van der Waals surface area (Å²) in [6.45, 7) is 0.0629. The van der Waals surface area contributed by atoms with Crippen molar-refractivity contribution in [2.24, 2.45) is 0 Å². The largest absolute Gasteiger partial charge is 0.493 e. The molecule has 0 bridgehead atoms. The van der Waals surface area contributed by atoms with Crippen LogP contribution in [0.3, 0.4) is 0 Å². The minimum Gasteiger partial charge on any atom is -0.493 e. The Labute approximate surface area is 214 Å². The number of aromatic nitrogens is 2. The zero-order valence-corrected chi connectivity index (χ0v) is 20.9. The van der Waals surface area contributed by atoms with E-state index in [-0.39, 0.29) is 17.2 Å². The fraction of sp³-hybridized carbons (Fsp3) is 0.192. The smallest absolute Gasteiger partial charge is 0.418 e. The van der Waals surface area contributed by atoms with Crippen molar-refractivity contribution < 1.29 is 32.2 Å². The fourth-order valence-corrected chi connectivity index (χ4v) is 4.65. The number of fused-ring (bicyclic) bond motifs is 1. The highest BCUT2D eigenvalue weighted by molar-refractivity contribution is 7.22. The number of para-hydroxylation sites is 1. The zero-order valence-electron chi connectivity index (χ0n) is 20.1. The number of pyridine rings is 1. The van der Waals surface area contributed by atoms with Crippen LogP contribution in [0.15, 0.2) is 60.9 Å². The molecule has 0 aliphatic heterocycles. The first-order valence-corrected chi connectivity index (χ1v) is 11.7. The lowest BCUT2D eigenvalue weighted by Crippen LogP contribution is -2.28. The summed E-state index contributed by atoms with van der Waals surface area (Å²) in [7, 11) is 4.44. The quantitative estimate of drug-likeness (QED) is 0.262. The van der Waals surface area contributed by atoms with Crippen molar-refractivity contribution in [3.8, 4) is 17.2 Å². The molecule has 0 saturated carbocycles. The van der Waals surface area contributed by atoms with Crippen molar-refractivity contribution in [3.63, 3.8) is 0 Å². The number of ether oxygens (including phenoxy) is 3. The summed E-state index contributed by atoms with van der Waals surface area (Å²) >= 11 is 1.01. The van der Waals surface area contributed by atoms with E-state index in [1.807, 2.05) is 0 Å². The van der Waals surface area contributed by atoms with Gasteiger partial charge in [-0.15, -0.1) is 0 Å². The molecule has 192 valence electrons. The highest BCUT2D eigenvalue weighted by Crippen LogP contribution is 2.40. The van der Waals surface area contributed by atoms with Crippen LogP contribution < -0.4 is 19.1 Å². The maximum absolute atomic E-state index is 13.6. The molecule has 7 nitrogen and oxygen atoms in total. The van der Waals surface area contributed by atoms with Gasteiger partial charge in [-0.1, -0.05) is 23.5 Å². The van der Waals surface area contributed by atoms with E-state index in [0.29, 0.717) is 33.1 Å². The highest BCUT2D eigenvalue weighted by Gasteiger charge is 2.34. The molecule has 0 fully saturated rings. The molecular formula is C26H22F3N3O4S. The van der Waals surface area contributed by atoms with Gasteiger partial charge in [-0.05, 0) is 47.5 Å². The summed E-state index contributed by atoms with van der Waals surface area (Å²) in [6, 6.07) is 10.7. The Kier molecular flexibility index (Phi) is 7.63. The summed E-state index contributed by atoms with van der Waals surface area (Å²) in [6.07, 6.45) is 1.46. The molecule has 0 aliphatic carbocycles. The van der Waals surface area contributed by atoms with Crippen LogP contribution in [0.1, 0.15) is 16.7 Å². The van der Waals surface area contributed by atoms with E-state index < -0.39 is 17.6 Å². The second-order valence-corrected chi connectivity index (χ2v) is 8.73. The molecule has 0 saturated heterocycles. The molecule has 2 aromatic carbocycles. The van der Waals surface area contributed by atoms with Crippen LogP contribution >= 0.6 is 11.3 Å². The topological polar surface area (TPSA) is 73.8 Å². The Morgan fingerprint density at radius 1 is 1.05 bits per heavy atom. The zero-order chi connectivity index (χ0) is 26.6. The number of anilines is 1. The van der Waals surface area contributed by atoms with E-state index in [4.69, 9.17) is 14.2 Å². The average Bonchev–Trinajstić information content (AvgIpc) is 3.33. The Morgan fingerprint density at radius 3 is 2.38 bits per heavy atom. The third-order valence-corrected chi connectivity index (χ3v) is 6.42. The molecule has 2 heterocycles. The van der Waals surface area contributed by atoms with Gasteiger partial charge in [-0.25, -0.2) is 4.98 Å². The van der Waals surface area contributed by atoms with Gasteiger partial charge in [-0.3, -0.25) is 14.7 Å². The van der Waals surface area contributed by atoms with Gasteiger partial charge >= 0.3 is 6.18 Å². The van der Waals surface area contributed by atoms with Crippen LogP contribution in [0.25, 0.3) is 16.3 Å². The normalized spacial score (nSPS) is 11.6. The minimum atomic E-state index is -4.57. The van der Waals surface area contributed by atoms with Crippen molar-refractivity contribution in [2.45, 2.75) is 12.7 Å². The number of hydrogen-bond acceptors (Lipinski definition) is 7. The Balaban J connectivity index is 1.73. The minimum absolute atomic E-state index is 0.0629. The lowest BCUT2D eigenvalue weighted by atomic mass is 10.1. The maximum atomic E-state index is 13.6. The number of methoxy groups -OCH3 is 3. The fourth-order valence-electron chi connectivity index (χ4n) is 3.65. The monoisotopic (exact) mass is 529 g/mol. The number of hydrogen-bond donors (Lipinski definition) is 0. The number of carbonyl (C=O) groups is 1. The van der Waals surface area contributed by atoms with E-state index in [1.165, 1.54) is 38.4 Å². The number of carbonyl (C=O) groups excluding carboxylic acids is 1. The Bertz CT molecular complexity index is 1410. The van der Waals surface area contributed by atoms with Crippen LogP contribution in [0.5, 0.6) is 17.2 Å².